The Morgan fingerprint density at radius 2 is 1.96 bits per heavy atom. The lowest BCUT2D eigenvalue weighted by atomic mass is 9.98. The van der Waals surface area contributed by atoms with Crippen LogP contribution in [0.1, 0.15) is 27.9 Å². The van der Waals surface area contributed by atoms with E-state index in [9.17, 15) is 17.6 Å². The van der Waals surface area contributed by atoms with Crippen molar-refractivity contribution in [3.05, 3.63) is 58.9 Å². The quantitative estimate of drug-likeness (QED) is 0.839. The number of aryl methyl sites for hydroxylation is 2. The SMILES string of the molecule is Cc1cc(F)c2c(c1)CCCN2C(=O)c1cccc(S(C)(=O)=O)c1. The van der Waals surface area contributed by atoms with E-state index in [-0.39, 0.29) is 16.4 Å². The second kappa shape index (κ2) is 6.02. The standard InChI is InChI=1S/C18H18FNO3S/c1-12-9-13-6-4-8-20(17(13)16(19)10-12)18(21)14-5-3-7-15(11-14)24(2,22)23/h3,5,7,9-11H,4,6,8H2,1-2H3. The van der Waals surface area contributed by atoms with Gasteiger partial charge < -0.3 is 4.90 Å². The number of carbonyl (C=O) groups is 1. The molecule has 1 heterocycles. The smallest absolute Gasteiger partial charge is 0.258 e. The zero-order valence-electron chi connectivity index (χ0n) is 13.5. The third kappa shape index (κ3) is 3.06. The van der Waals surface area contributed by atoms with Crippen molar-refractivity contribution in [3.63, 3.8) is 0 Å². The van der Waals surface area contributed by atoms with Crippen LogP contribution in [0, 0.1) is 12.7 Å². The van der Waals surface area contributed by atoms with Crippen LogP contribution in [0.25, 0.3) is 0 Å². The molecular weight excluding hydrogens is 329 g/mol. The van der Waals surface area contributed by atoms with Crippen LogP contribution in [0.15, 0.2) is 41.3 Å². The van der Waals surface area contributed by atoms with E-state index in [0.29, 0.717) is 12.2 Å². The van der Waals surface area contributed by atoms with Gasteiger partial charge in [-0.1, -0.05) is 12.1 Å². The normalized spacial score (nSPS) is 14.4. The molecule has 4 nitrogen and oxygen atoms in total. The highest BCUT2D eigenvalue weighted by molar-refractivity contribution is 7.90. The molecular formula is C18H18FNO3S. The van der Waals surface area contributed by atoms with Crippen molar-refractivity contribution in [3.8, 4) is 0 Å². The minimum atomic E-state index is -3.41. The van der Waals surface area contributed by atoms with Gasteiger partial charge in [0.1, 0.15) is 5.82 Å². The third-order valence-corrected chi connectivity index (χ3v) is 5.25. The molecule has 0 unspecified atom stereocenters. The molecule has 6 heteroatoms. The van der Waals surface area contributed by atoms with E-state index in [1.807, 2.05) is 13.0 Å². The van der Waals surface area contributed by atoms with E-state index >= 15 is 0 Å². The molecule has 0 saturated heterocycles. The lowest BCUT2D eigenvalue weighted by Crippen LogP contribution is -2.36. The van der Waals surface area contributed by atoms with Gasteiger partial charge in [-0.3, -0.25) is 4.79 Å². The topological polar surface area (TPSA) is 54.5 Å². The minimum Gasteiger partial charge on any atom is -0.305 e. The summed E-state index contributed by atoms with van der Waals surface area (Å²) < 4.78 is 37.8. The average Bonchev–Trinajstić information content (AvgIpc) is 2.52. The number of sulfone groups is 1. The number of nitrogens with zero attached hydrogens (tertiary/aromatic N) is 1. The lowest BCUT2D eigenvalue weighted by Gasteiger charge is -2.30. The highest BCUT2D eigenvalue weighted by atomic mass is 32.2. The van der Waals surface area contributed by atoms with Crippen LogP contribution in [0.2, 0.25) is 0 Å². The first-order valence-electron chi connectivity index (χ1n) is 7.68. The van der Waals surface area contributed by atoms with E-state index in [1.165, 1.54) is 29.2 Å². The van der Waals surface area contributed by atoms with Crippen molar-refractivity contribution in [2.75, 3.05) is 17.7 Å². The summed E-state index contributed by atoms with van der Waals surface area (Å²) >= 11 is 0. The Kier molecular flexibility index (Phi) is 4.17. The van der Waals surface area contributed by atoms with Crippen LogP contribution in [0.4, 0.5) is 10.1 Å². The molecule has 2 aromatic rings. The van der Waals surface area contributed by atoms with Gasteiger partial charge in [0.05, 0.1) is 10.6 Å². The predicted octanol–water partition coefficient (Wildman–Crippen LogP) is 3.13. The third-order valence-electron chi connectivity index (χ3n) is 4.14. The second-order valence-corrected chi connectivity index (χ2v) is 8.13. The molecule has 3 rings (SSSR count). The average molecular weight is 347 g/mol. The van der Waals surface area contributed by atoms with Crippen LogP contribution in [-0.2, 0) is 16.3 Å². The van der Waals surface area contributed by atoms with Gasteiger partial charge in [-0.2, -0.15) is 0 Å². The maximum absolute atomic E-state index is 14.4. The molecule has 1 aliphatic rings. The Balaban J connectivity index is 2.05. The van der Waals surface area contributed by atoms with Gasteiger partial charge in [-0.05, 0) is 55.2 Å². The molecule has 0 saturated carbocycles. The Morgan fingerprint density at radius 1 is 1.21 bits per heavy atom. The maximum atomic E-state index is 14.4. The zero-order valence-corrected chi connectivity index (χ0v) is 14.4. The Hall–Kier alpha value is -2.21. The van der Waals surface area contributed by atoms with Gasteiger partial charge in [0.25, 0.3) is 5.91 Å². The molecule has 0 spiro atoms. The summed E-state index contributed by atoms with van der Waals surface area (Å²) in [7, 11) is -3.41. The molecule has 24 heavy (non-hydrogen) atoms. The number of hydrogen-bond acceptors (Lipinski definition) is 3. The zero-order chi connectivity index (χ0) is 17.5. The van der Waals surface area contributed by atoms with E-state index in [1.54, 1.807) is 6.07 Å². The van der Waals surface area contributed by atoms with Crippen molar-refractivity contribution >= 4 is 21.4 Å². The van der Waals surface area contributed by atoms with E-state index in [0.717, 1.165) is 30.2 Å². The van der Waals surface area contributed by atoms with Crippen molar-refractivity contribution in [2.45, 2.75) is 24.7 Å². The lowest BCUT2D eigenvalue weighted by molar-refractivity contribution is 0.0984. The van der Waals surface area contributed by atoms with Crippen molar-refractivity contribution in [1.82, 2.24) is 0 Å². The maximum Gasteiger partial charge on any atom is 0.258 e. The highest BCUT2D eigenvalue weighted by Gasteiger charge is 2.27. The van der Waals surface area contributed by atoms with Crippen LogP contribution >= 0.6 is 0 Å². The number of amides is 1. The summed E-state index contributed by atoms with van der Waals surface area (Å²) in [5.41, 5.74) is 2.18. The summed E-state index contributed by atoms with van der Waals surface area (Å²) in [6.07, 6.45) is 2.56. The van der Waals surface area contributed by atoms with E-state index < -0.39 is 15.7 Å². The van der Waals surface area contributed by atoms with Gasteiger partial charge in [-0.15, -0.1) is 0 Å². The van der Waals surface area contributed by atoms with Gasteiger partial charge in [0.2, 0.25) is 0 Å². The minimum absolute atomic E-state index is 0.0787. The number of carbonyl (C=O) groups excluding carboxylic acids is 1. The largest absolute Gasteiger partial charge is 0.305 e. The van der Waals surface area contributed by atoms with Crippen LogP contribution in [-0.4, -0.2) is 27.1 Å². The number of fused-ring (bicyclic) bond motifs is 1. The van der Waals surface area contributed by atoms with E-state index in [4.69, 9.17) is 0 Å². The monoisotopic (exact) mass is 347 g/mol. The molecule has 0 radical (unpaired) electrons. The molecule has 0 N–H and O–H groups in total. The number of benzene rings is 2. The molecule has 0 aliphatic carbocycles. The summed E-state index contributed by atoms with van der Waals surface area (Å²) in [6, 6.07) is 9.18. The fourth-order valence-corrected chi connectivity index (χ4v) is 3.72. The Bertz CT molecular complexity index is 922. The van der Waals surface area contributed by atoms with Gasteiger partial charge in [-0.25, -0.2) is 12.8 Å². The Labute approximate surface area is 140 Å². The first-order valence-corrected chi connectivity index (χ1v) is 9.57. The van der Waals surface area contributed by atoms with Crippen LogP contribution in [0.3, 0.4) is 0 Å². The number of rotatable bonds is 2. The molecule has 1 amide bonds. The molecule has 1 aliphatic heterocycles. The van der Waals surface area contributed by atoms with Gasteiger partial charge >= 0.3 is 0 Å². The molecule has 0 atom stereocenters. The number of hydrogen-bond donors (Lipinski definition) is 0. The van der Waals surface area contributed by atoms with Gasteiger partial charge in [0, 0.05) is 18.4 Å². The first-order chi connectivity index (χ1) is 11.3. The van der Waals surface area contributed by atoms with Crippen molar-refractivity contribution < 1.29 is 17.6 Å². The summed E-state index contributed by atoms with van der Waals surface area (Å²) in [5.74, 6) is -0.804. The second-order valence-electron chi connectivity index (χ2n) is 6.11. The molecule has 0 fully saturated rings. The fourth-order valence-electron chi connectivity index (χ4n) is 3.06. The van der Waals surface area contributed by atoms with E-state index in [2.05, 4.69) is 0 Å². The summed E-state index contributed by atoms with van der Waals surface area (Å²) in [4.78, 5) is 14.3. The summed E-state index contributed by atoms with van der Waals surface area (Å²) in [6.45, 7) is 2.23. The molecule has 126 valence electrons. The molecule has 0 bridgehead atoms. The van der Waals surface area contributed by atoms with Crippen LogP contribution in [0.5, 0.6) is 0 Å². The summed E-state index contributed by atoms with van der Waals surface area (Å²) in [5, 5.41) is 0. The molecule has 2 aromatic carbocycles. The van der Waals surface area contributed by atoms with Crippen LogP contribution < -0.4 is 4.90 Å². The fraction of sp³-hybridized carbons (Fsp3) is 0.278. The van der Waals surface area contributed by atoms with Crippen molar-refractivity contribution in [1.29, 1.82) is 0 Å². The Morgan fingerprint density at radius 3 is 2.67 bits per heavy atom. The number of halogens is 1. The first kappa shape index (κ1) is 16.6. The van der Waals surface area contributed by atoms with Gasteiger partial charge in [0.15, 0.2) is 9.84 Å². The van der Waals surface area contributed by atoms with Crippen molar-refractivity contribution in [2.24, 2.45) is 0 Å². The predicted molar refractivity (Wildman–Crippen MR) is 90.7 cm³/mol. The number of anilines is 1. The molecule has 0 aromatic heterocycles. The highest BCUT2D eigenvalue weighted by Crippen LogP contribution is 2.32.